The first kappa shape index (κ1) is 14.7. The first-order valence-corrected chi connectivity index (χ1v) is 6.40. The summed E-state index contributed by atoms with van der Waals surface area (Å²) in [4.78, 5) is 0. The van der Waals surface area contributed by atoms with Gasteiger partial charge in [0.1, 0.15) is 5.76 Å². The molecule has 0 aliphatic rings. The van der Waals surface area contributed by atoms with Crippen molar-refractivity contribution in [3.63, 3.8) is 0 Å². The third-order valence-corrected chi connectivity index (χ3v) is 3.12. The zero-order chi connectivity index (χ0) is 14.6. The van der Waals surface area contributed by atoms with E-state index in [1.807, 2.05) is 19.1 Å². The standard InChI is InChI=1S/C15H16F3NO/c1-11(19-8-7-14-6-3-9-20-14)12-4-2-5-13(10-12)15(16,17)18/h2-6,9-11,19H,7-8H2,1H3. The largest absolute Gasteiger partial charge is 0.469 e. The SMILES string of the molecule is CC(NCCc1ccco1)c1cccc(C(F)(F)F)c1. The van der Waals surface area contributed by atoms with Gasteiger partial charge in [0.2, 0.25) is 0 Å². The first-order chi connectivity index (χ1) is 9.47. The van der Waals surface area contributed by atoms with E-state index in [0.717, 1.165) is 11.8 Å². The van der Waals surface area contributed by atoms with Crippen LogP contribution in [0.1, 0.15) is 29.9 Å². The fourth-order valence-corrected chi connectivity index (χ4v) is 1.97. The molecule has 0 radical (unpaired) electrons. The van der Waals surface area contributed by atoms with Gasteiger partial charge in [-0.1, -0.05) is 12.1 Å². The molecule has 20 heavy (non-hydrogen) atoms. The maximum absolute atomic E-state index is 12.6. The molecule has 0 amide bonds. The molecule has 1 unspecified atom stereocenters. The average Bonchev–Trinajstić information content (AvgIpc) is 2.91. The molecule has 2 nitrogen and oxygen atoms in total. The first-order valence-electron chi connectivity index (χ1n) is 6.40. The highest BCUT2D eigenvalue weighted by atomic mass is 19.4. The zero-order valence-corrected chi connectivity index (χ0v) is 11.1. The predicted molar refractivity (Wildman–Crippen MR) is 70.3 cm³/mol. The molecule has 1 aromatic heterocycles. The number of nitrogens with one attached hydrogen (secondary N) is 1. The van der Waals surface area contributed by atoms with Crippen LogP contribution in [0.5, 0.6) is 0 Å². The molecular weight excluding hydrogens is 267 g/mol. The Labute approximate surface area is 115 Å². The minimum Gasteiger partial charge on any atom is -0.469 e. The van der Waals surface area contributed by atoms with Crippen molar-refractivity contribution in [2.24, 2.45) is 0 Å². The number of rotatable bonds is 5. The Morgan fingerprint density at radius 2 is 2.00 bits per heavy atom. The molecule has 0 saturated heterocycles. The summed E-state index contributed by atoms with van der Waals surface area (Å²) in [6.45, 7) is 2.49. The van der Waals surface area contributed by atoms with Crippen LogP contribution in [0.15, 0.2) is 47.1 Å². The lowest BCUT2D eigenvalue weighted by molar-refractivity contribution is -0.137. The Hall–Kier alpha value is -1.75. The van der Waals surface area contributed by atoms with Crippen molar-refractivity contribution in [1.29, 1.82) is 0 Å². The van der Waals surface area contributed by atoms with Gasteiger partial charge in [0.05, 0.1) is 11.8 Å². The van der Waals surface area contributed by atoms with Gasteiger partial charge in [-0.3, -0.25) is 0 Å². The Morgan fingerprint density at radius 3 is 2.65 bits per heavy atom. The summed E-state index contributed by atoms with van der Waals surface area (Å²) < 4.78 is 43.1. The van der Waals surface area contributed by atoms with Crippen LogP contribution in [0.2, 0.25) is 0 Å². The lowest BCUT2D eigenvalue weighted by Gasteiger charge is -2.15. The topological polar surface area (TPSA) is 25.2 Å². The highest BCUT2D eigenvalue weighted by Crippen LogP contribution is 2.30. The van der Waals surface area contributed by atoms with Crippen molar-refractivity contribution < 1.29 is 17.6 Å². The molecule has 0 bridgehead atoms. The molecule has 0 aliphatic carbocycles. The van der Waals surface area contributed by atoms with Gasteiger partial charge < -0.3 is 9.73 Å². The highest BCUT2D eigenvalue weighted by molar-refractivity contribution is 5.27. The van der Waals surface area contributed by atoms with Crippen LogP contribution in [-0.2, 0) is 12.6 Å². The van der Waals surface area contributed by atoms with E-state index < -0.39 is 11.7 Å². The summed E-state index contributed by atoms with van der Waals surface area (Å²) in [5.74, 6) is 0.855. The maximum Gasteiger partial charge on any atom is 0.416 e. The van der Waals surface area contributed by atoms with E-state index in [-0.39, 0.29) is 6.04 Å². The van der Waals surface area contributed by atoms with E-state index in [4.69, 9.17) is 4.42 Å². The van der Waals surface area contributed by atoms with E-state index >= 15 is 0 Å². The number of hydrogen-bond acceptors (Lipinski definition) is 2. The van der Waals surface area contributed by atoms with Crippen molar-refractivity contribution in [2.45, 2.75) is 25.6 Å². The summed E-state index contributed by atoms with van der Waals surface area (Å²) in [6.07, 6.45) is -1.99. The van der Waals surface area contributed by atoms with Crippen LogP contribution in [-0.4, -0.2) is 6.54 Å². The van der Waals surface area contributed by atoms with E-state index in [9.17, 15) is 13.2 Å². The van der Waals surface area contributed by atoms with Gasteiger partial charge in [-0.2, -0.15) is 13.2 Å². The van der Waals surface area contributed by atoms with Crippen molar-refractivity contribution in [2.75, 3.05) is 6.54 Å². The maximum atomic E-state index is 12.6. The molecule has 2 rings (SSSR count). The third kappa shape index (κ3) is 3.87. The Kier molecular flexibility index (Phi) is 4.49. The van der Waals surface area contributed by atoms with E-state index in [1.165, 1.54) is 12.1 Å². The second-order valence-electron chi connectivity index (χ2n) is 4.63. The number of halogens is 3. The van der Waals surface area contributed by atoms with Crippen LogP contribution >= 0.6 is 0 Å². The smallest absolute Gasteiger partial charge is 0.416 e. The lowest BCUT2D eigenvalue weighted by Crippen LogP contribution is -2.21. The van der Waals surface area contributed by atoms with Crippen LogP contribution in [0.3, 0.4) is 0 Å². The molecule has 0 spiro atoms. The fourth-order valence-electron chi connectivity index (χ4n) is 1.97. The predicted octanol–water partition coefficient (Wildman–Crippen LogP) is 4.19. The normalized spacial score (nSPS) is 13.4. The average molecular weight is 283 g/mol. The summed E-state index contributed by atoms with van der Waals surface area (Å²) in [7, 11) is 0. The summed E-state index contributed by atoms with van der Waals surface area (Å²) in [5, 5.41) is 3.19. The van der Waals surface area contributed by atoms with Crippen LogP contribution in [0, 0.1) is 0 Å². The lowest BCUT2D eigenvalue weighted by atomic mass is 10.0. The molecular formula is C15H16F3NO. The third-order valence-electron chi connectivity index (χ3n) is 3.12. The van der Waals surface area contributed by atoms with Gasteiger partial charge in [0, 0.05) is 19.0 Å². The second kappa shape index (κ2) is 6.13. The number of benzene rings is 1. The number of alkyl halides is 3. The molecule has 1 atom stereocenters. The van der Waals surface area contributed by atoms with Gasteiger partial charge in [0.15, 0.2) is 0 Å². The van der Waals surface area contributed by atoms with Gasteiger partial charge in [0.25, 0.3) is 0 Å². The zero-order valence-electron chi connectivity index (χ0n) is 11.1. The van der Waals surface area contributed by atoms with Gasteiger partial charge in [-0.05, 0) is 36.8 Å². The molecule has 1 heterocycles. The van der Waals surface area contributed by atoms with Crippen molar-refractivity contribution >= 4 is 0 Å². The molecule has 5 heteroatoms. The van der Waals surface area contributed by atoms with Crippen molar-refractivity contribution in [1.82, 2.24) is 5.32 Å². The Morgan fingerprint density at radius 1 is 1.20 bits per heavy atom. The Bertz CT molecular complexity index is 534. The molecule has 0 fully saturated rings. The van der Waals surface area contributed by atoms with Gasteiger partial charge >= 0.3 is 6.18 Å². The van der Waals surface area contributed by atoms with E-state index in [2.05, 4.69) is 5.32 Å². The molecule has 2 aromatic rings. The van der Waals surface area contributed by atoms with Crippen molar-refractivity contribution in [3.05, 3.63) is 59.5 Å². The molecule has 1 aromatic carbocycles. The Balaban J connectivity index is 1.93. The number of hydrogen-bond donors (Lipinski definition) is 1. The second-order valence-corrected chi connectivity index (χ2v) is 4.63. The molecule has 0 saturated carbocycles. The molecule has 1 N–H and O–H groups in total. The van der Waals surface area contributed by atoms with Gasteiger partial charge in [-0.25, -0.2) is 0 Å². The summed E-state index contributed by atoms with van der Waals surface area (Å²) in [6, 6.07) is 8.93. The van der Waals surface area contributed by atoms with E-state index in [0.29, 0.717) is 18.5 Å². The van der Waals surface area contributed by atoms with Crippen LogP contribution in [0.4, 0.5) is 13.2 Å². The minimum atomic E-state index is -4.30. The summed E-state index contributed by atoms with van der Waals surface area (Å²) in [5.41, 5.74) is 0.00829. The van der Waals surface area contributed by atoms with E-state index in [1.54, 1.807) is 12.3 Å². The van der Waals surface area contributed by atoms with Gasteiger partial charge in [-0.15, -0.1) is 0 Å². The monoisotopic (exact) mass is 283 g/mol. The minimum absolute atomic E-state index is 0.146. The highest BCUT2D eigenvalue weighted by Gasteiger charge is 2.30. The fraction of sp³-hybridized carbons (Fsp3) is 0.333. The van der Waals surface area contributed by atoms with Crippen LogP contribution < -0.4 is 5.32 Å². The summed E-state index contributed by atoms with van der Waals surface area (Å²) >= 11 is 0. The van der Waals surface area contributed by atoms with Crippen molar-refractivity contribution in [3.8, 4) is 0 Å². The molecule has 0 aliphatic heterocycles. The molecule has 108 valence electrons. The van der Waals surface area contributed by atoms with Crippen LogP contribution in [0.25, 0.3) is 0 Å². The quantitative estimate of drug-likeness (QED) is 0.890. The number of furan rings is 1.